The van der Waals surface area contributed by atoms with Crippen molar-refractivity contribution < 1.29 is 4.79 Å². The van der Waals surface area contributed by atoms with E-state index in [1.165, 1.54) is 0 Å². The van der Waals surface area contributed by atoms with Gasteiger partial charge in [0.2, 0.25) is 0 Å². The maximum Gasteiger partial charge on any atom is 0.322 e. The molecule has 2 aromatic rings. The number of carbonyl (C=O) groups is 1. The number of urea groups is 1. The predicted octanol–water partition coefficient (Wildman–Crippen LogP) is 2.72. The van der Waals surface area contributed by atoms with Gasteiger partial charge in [0.05, 0.1) is 28.6 Å². The van der Waals surface area contributed by atoms with Crippen LogP contribution in [-0.4, -0.2) is 32.7 Å². The van der Waals surface area contributed by atoms with Gasteiger partial charge < -0.3 is 10.2 Å². The highest BCUT2D eigenvalue weighted by Crippen LogP contribution is 2.26. The fourth-order valence-corrected chi connectivity index (χ4v) is 2.90. The standard InChI is InChI=1S/C13H19N5OS/c1-8(12-9(2)20-10(3)15-12)18(5)13(19)16-11-6-14-17(4)7-11/h6-8H,1-5H3,(H,16,19). The molecular formula is C13H19N5OS. The molecule has 0 aliphatic heterocycles. The third-order valence-electron chi connectivity index (χ3n) is 3.19. The van der Waals surface area contributed by atoms with E-state index in [0.717, 1.165) is 15.6 Å². The minimum Gasteiger partial charge on any atom is -0.319 e. The lowest BCUT2D eigenvalue weighted by atomic mass is 10.2. The van der Waals surface area contributed by atoms with Crippen molar-refractivity contribution in [2.24, 2.45) is 7.05 Å². The van der Waals surface area contributed by atoms with Gasteiger partial charge in [0.1, 0.15) is 0 Å². The molecule has 1 atom stereocenters. The van der Waals surface area contributed by atoms with Crippen molar-refractivity contribution in [3.8, 4) is 0 Å². The van der Waals surface area contributed by atoms with Gasteiger partial charge in [-0.05, 0) is 20.8 Å². The minimum absolute atomic E-state index is 0.0726. The number of anilines is 1. The lowest BCUT2D eigenvalue weighted by Gasteiger charge is -2.24. The number of nitrogens with zero attached hydrogens (tertiary/aromatic N) is 4. The van der Waals surface area contributed by atoms with Crippen molar-refractivity contribution in [2.45, 2.75) is 26.8 Å². The van der Waals surface area contributed by atoms with Crippen LogP contribution in [0.2, 0.25) is 0 Å². The number of amides is 2. The number of aryl methyl sites for hydroxylation is 3. The third-order valence-corrected chi connectivity index (χ3v) is 4.09. The zero-order chi connectivity index (χ0) is 14.9. The van der Waals surface area contributed by atoms with E-state index in [2.05, 4.69) is 15.4 Å². The van der Waals surface area contributed by atoms with Crippen LogP contribution in [0.25, 0.3) is 0 Å². The Labute approximate surface area is 122 Å². The molecule has 2 heterocycles. The first-order valence-electron chi connectivity index (χ1n) is 6.35. The average Bonchev–Trinajstić information content (AvgIpc) is 2.93. The van der Waals surface area contributed by atoms with Crippen molar-refractivity contribution in [3.63, 3.8) is 0 Å². The van der Waals surface area contributed by atoms with Crippen LogP contribution in [0, 0.1) is 13.8 Å². The summed E-state index contributed by atoms with van der Waals surface area (Å²) in [6, 6.07) is -0.243. The SMILES string of the molecule is Cc1nc(C(C)N(C)C(=O)Nc2cnn(C)c2)c(C)s1. The second-order valence-electron chi connectivity index (χ2n) is 4.79. The fourth-order valence-electron chi connectivity index (χ4n) is 1.99. The summed E-state index contributed by atoms with van der Waals surface area (Å²) in [6.45, 7) is 5.98. The number of hydrogen-bond donors (Lipinski definition) is 1. The Balaban J connectivity index is 2.08. The first-order valence-corrected chi connectivity index (χ1v) is 7.16. The maximum absolute atomic E-state index is 12.2. The van der Waals surface area contributed by atoms with E-state index in [1.54, 1.807) is 40.4 Å². The van der Waals surface area contributed by atoms with Gasteiger partial charge in [-0.25, -0.2) is 9.78 Å². The second-order valence-corrected chi connectivity index (χ2v) is 6.20. The Morgan fingerprint density at radius 2 is 2.20 bits per heavy atom. The predicted molar refractivity (Wildman–Crippen MR) is 80.0 cm³/mol. The second kappa shape index (κ2) is 5.62. The van der Waals surface area contributed by atoms with E-state index in [1.807, 2.05) is 27.8 Å². The lowest BCUT2D eigenvalue weighted by molar-refractivity contribution is 0.207. The normalized spacial score (nSPS) is 12.2. The Morgan fingerprint density at radius 1 is 1.50 bits per heavy atom. The van der Waals surface area contributed by atoms with Crippen LogP contribution in [0.1, 0.15) is 28.5 Å². The molecule has 0 fully saturated rings. The van der Waals surface area contributed by atoms with Crippen LogP contribution >= 0.6 is 11.3 Å². The van der Waals surface area contributed by atoms with Gasteiger partial charge in [0.15, 0.2) is 0 Å². The van der Waals surface area contributed by atoms with Crippen molar-refractivity contribution in [3.05, 3.63) is 28.0 Å². The zero-order valence-corrected chi connectivity index (χ0v) is 13.2. The molecule has 2 amide bonds. The van der Waals surface area contributed by atoms with Crippen LogP contribution in [-0.2, 0) is 7.05 Å². The summed E-state index contributed by atoms with van der Waals surface area (Å²) in [7, 11) is 3.58. The van der Waals surface area contributed by atoms with Crippen LogP contribution in [0.15, 0.2) is 12.4 Å². The van der Waals surface area contributed by atoms with E-state index in [9.17, 15) is 4.79 Å². The largest absolute Gasteiger partial charge is 0.322 e. The average molecular weight is 293 g/mol. The smallest absolute Gasteiger partial charge is 0.319 e. The summed E-state index contributed by atoms with van der Waals surface area (Å²) >= 11 is 1.65. The number of hydrogen-bond acceptors (Lipinski definition) is 4. The molecule has 0 bridgehead atoms. The van der Waals surface area contributed by atoms with Gasteiger partial charge in [-0.2, -0.15) is 5.10 Å². The number of aromatic nitrogens is 3. The number of nitrogens with one attached hydrogen (secondary N) is 1. The summed E-state index contributed by atoms with van der Waals surface area (Å²) in [5.74, 6) is 0. The van der Waals surface area contributed by atoms with Crippen LogP contribution in [0.3, 0.4) is 0 Å². The Morgan fingerprint density at radius 3 is 2.70 bits per heavy atom. The molecule has 0 aliphatic carbocycles. The van der Waals surface area contributed by atoms with Crippen LogP contribution in [0.4, 0.5) is 10.5 Å². The molecule has 0 aliphatic rings. The quantitative estimate of drug-likeness (QED) is 0.946. The van der Waals surface area contributed by atoms with Crippen molar-refractivity contribution in [1.82, 2.24) is 19.7 Å². The zero-order valence-electron chi connectivity index (χ0n) is 12.3. The van der Waals surface area contributed by atoms with E-state index < -0.39 is 0 Å². The van der Waals surface area contributed by atoms with Gasteiger partial charge in [-0.3, -0.25) is 4.68 Å². The number of rotatable bonds is 3. The molecule has 20 heavy (non-hydrogen) atoms. The first kappa shape index (κ1) is 14.5. The highest BCUT2D eigenvalue weighted by Gasteiger charge is 2.21. The van der Waals surface area contributed by atoms with Gasteiger partial charge in [-0.1, -0.05) is 0 Å². The molecule has 0 aromatic carbocycles. The van der Waals surface area contributed by atoms with Crippen molar-refractivity contribution >= 4 is 23.1 Å². The van der Waals surface area contributed by atoms with E-state index in [-0.39, 0.29) is 12.1 Å². The summed E-state index contributed by atoms with van der Waals surface area (Å²) in [6.07, 6.45) is 3.38. The molecule has 0 saturated carbocycles. The van der Waals surface area contributed by atoms with Crippen LogP contribution in [0.5, 0.6) is 0 Å². The summed E-state index contributed by atoms with van der Waals surface area (Å²) in [5.41, 5.74) is 1.64. The van der Waals surface area contributed by atoms with Crippen molar-refractivity contribution in [2.75, 3.05) is 12.4 Å². The molecule has 6 nitrogen and oxygen atoms in total. The van der Waals surface area contributed by atoms with Gasteiger partial charge >= 0.3 is 6.03 Å². The highest BCUT2D eigenvalue weighted by atomic mass is 32.1. The molecule has 7 heteroatoms. The molecule has 0 saturated heterocycles. The fraction of sp³-hybridized carbons (Fsp3) is 0.462. The molecule has 0 radical (unpaired) electrons. The Kier molecular flexibility index (Phi) is 4.08. The molecular weight excluding hydrogens is 274 g/mol. The van der Waals surface area contributed by atoms with Crippen LogP contribution < -0.4 is 5.32 Å². The van der Waals surface area contributed by atoms with Gasteiger partial charge in [-0.15, -0.1) is 11.3 Å². The molecule has 108 valence electrons. The summed E-state index contributed by atoms with van der Waals surface area (Å²) in [4.78, 5) is 19.5. The molecule has 0 spiro atoms. The summed E-state index contributed by atoms with van der Waals surface area (Å²) in [5, 5.41) is 7.86. The Hall–Kier alpha value is -1.89. The van der Waals surface area contributed by atoms with Crippen molar-refractivity contribution in [1.29, 1.82) is 0 Å². The molecule has 1 N–H and O–H groups in total. The topological polar surface area (TPSA) is 63.1 Å². The monoisotopic (exact) mass is 293 g/mol. The van der Waals surface area contributed by atoms with Gasteiger partial charge in [0.25, 0.3) is 0 Å². The molecule has 2 rings (SSSR count). The summed E-state index contributed by atoms with van der Waals surface area (Å²) < 4.78 is 1.65. The highest BCUT2D eigenvalue weighted by molar-refractivity contribution is 7.11. The molecule has 2 aromatic heterocycles. The first-order chi connectivity index (χ1) is 9.38. The lowest BCUT2D eigenvalue weighted by Crippen LogP contribution is -2.33. The van der Waals surface area contributed by atoms with Gasteiger partial charge in [0, 0.05) is 25.2 Å². The maximum atomic E-state index is 12.2. The van der Waals surface area contributed by atoms with E-state index >= 15 is 0 Å². The number of thiazole rings is 1. The van der Waals surface area contributed by atoms with E-state index in [4.69, 9.17) is 0 Å². The number of carbonyl (C=O) groups excluding carboxylic acids is 1. The molecule has 1 unspecified atom stereocenters. The third kappa shape index (κ3) is 2.98. The van der Waals surface area contributed by atoms with E-state index in [0.29, 0.717) is 5.69 Å². The Bertz CT molecular complexity index is 618. The minimum atomic E-state index is -0.171.